The molecule has 0 unspecified atom stereocenters. The predicted octanol–water partition coefficient (Wildman–Crippen LogP) is 19.1. The van der Waals surface area contributed by atoms with E-state index in [1.165, 1.54) is 33.4 Å². The second-order valence-corrected chi connectivity index (χ2v) is 21.4. The van der Waals surface area contributed by atoms with Crippen molar-refractivity contribution in [2.75, 3.05) is 24.0 Å². The van der Waals surface area contributed by atoms with Gasteiger partial charge in [-0.05, 0) is 153 Å². The summed E-state index contributed by atoms with van der Waals surface area (Å²) < 4.78 is 13.3. The van der Waals surface area contributed by atoms with Crippen LogP contribution in [0.1, 0.15) is 114 Å². The molecule has 0 radical (unpaired) electrons. The van der Waals surface area contributed by atoms with Crippen molar-refractivity contribution in [3.05, 3.63) is 203 Å². The molecular weight excluding hydrogens is 853 g/mol. The predicted molar refractivity (Wildman–Crippen MR) is 300 cm³/mol. The Labute approximate surface area is 419 Å². The average Bonchev–Trinajstić information content (AvgIpc) is 3.35. The number of nitrogens with zero attached hydrogens (tertiary/aromatic N) is 2. The van der Waals surface area contributed by atoms with E-state index < -0.39 is 0 Å². The van der Waals surface area contributed by atoms with Gasteiger partial charge in [0.1, 0.15) is 11.5 Å². The highest BCUT2D eigenvalue weighted by Crippen LogP contribution is 2.54. The Morgan fingerprint density at radius 3 is 0.900 bits per heavy atom. The van der Waals surface area contributed by atoms with Crippen molar-refractivity contribution in [1.29, 1.82) is 0 Å². The lowest BCUT2D eigenvalue weighted by Gasteiger charge is -2.34. The normalized spacial score (nSPS) is 11.8. The van der Waals surface area contributed by atoms with Gasteiger partial charge in [0, 0.05) is 33.9 Å². The molecule has 8 aromatic rings. The number of hydrogen-bond acceptors (Lipinski definition) is 4. The second-order valence-electron chi connectivity index (χ2n) is 21.4. The van der Waals surface area contributed by atoms with Gasteiger partial charge in [0.15, 0.2) is 0 Å². The van der Waals surface area contributed by atoms with E-state index in [9.17, 15) is 0 Å². The molecular formula is C66H72N2O2. The Bertz CT molecular complexity index is 2830. The van der Waals surface area contributed by atoms with Crippen LogP contribution in [0.2, 0.25) is 0 Å². The maximum absolute atomic E-state index is 6.67. The molecule has 0 N–H and O–H groups in total. The molecule has 0 saturated carbocycles. The topological polar surface area (TPSA) is 24.9 Å². The summed E-state index contributed by atoms with van der Waals surface area (Å²) in [5.74, 6) is 2.00. The first-order chi connectivity index (χ1) is 33.4. The molecule has 0 aromatic heterocycles. The number of methoxy groups -OCH3 is 2. The molecule has 0 spiro atoms. The van der Waals surface area contributed by atoms with Crippen LogP contribution in [0.5, 0.6) is 11.5 Å². The maximum Gasteiger partial charge on any atom is 0.130 e. The Morgan fingerprint density at radius 2 is 0.643 bits per heavy atom. The standard InChI is InChI=1S/C66H72N2O2/c1-43(2)57-41-59(67(55-37-29-51(30-38-55)65(7,8)9)53-33-25-49(26-34-53)47-21-17-15-18-22-47)45(5)61(63(57)69-13)62-46(6)60(42-58(44(3)4)64(62)70-14)68(56-39-31-52(32-40-56)66(10,11)12)54-35-27-50(28-36-54)48-23-19-16-20-24-48/h15-44H,1-14H3. The molecule has 358 valence electrons. The summed E-state index contributed by atoms with van der Waals surface area (Å²) in [6.07, 6.45) is 0. The SMILES string of the molecule is COc1c(C(C)C)cc(N(c2ccc(-c3ccccc3)cc2)c2ccc(C(C)(C)C)cc2)c(C)c1-c1c(C)c(N(c2ccc(-c3ccccc3)cc2)c2ccc(C(C)(C)C)cc2)cc(C(C)C)c1OC. The van der Waals surface area contributed by atoms with Crippen LogP contribution in [0.15, 0.2) is 170 Å². The fourth-order valence-electron chi connectivity index (χ4n) is 9.83. The van der Waals surface area contributed by atoms with Crippen molar-refractivity contribution >= 4 is 34.1 Å². The van der Waals surface area contributed by atoms with Gasteiger partial charge < -0.3 is 19.3 Å². The highest BCUT2D eigenvalue weighted by Gasteiger charge is 2.31. The zero-order chi connectivity index (χ0) is 50.1. The quantitative estimate of drug-likeness (QED) is 0.115. The molecule has 0 heterocycles. The maximum atomic E-state index is 6.67. The molecule has 8 rings (SSSR count). The number of rotatable bonds is 13. The number of ether oxygens (including phenoxy) is 2. The van der Waals surface area contributed by atoms with E-state index in [0.29, 0.717) is 0 Å². The van der Waals surface area contributed by atoms with Gasteiger partial charge in [-0.3, -0.25) is 0 Å². The summed E-state index contributed by atoms with van der Waals surface area (Å²) in [6.45, 7) is 27.2. The minimum atomic E-state index is 0.00830. The summed E-state index contributed by atoms with van der Waals surface area (Å²) >= 11 is 0. The minimum absolute atomic E-state index is 0.00830. The molecule has 0 fully saturated rings. The van der Waals surface area contributed by atoms with Gasteiger partial charge in [-0.2, -0.15) is 0 Å². The van der Waals surface area contributed by atoms with E-state index in [1.54, 1.807) is 0 Å². The first kappa shape index (κ1) is 49.4. The molecule has 4 heteroatoms. The molecule has 0 amide bonds. The molecule has 8 aromatic carbocycles. The average molecular weight is 925 g/mol. The Kier molecular flexibility index (Phi) is 14.2. The van der Waals surface area contributed by atoms with Gasteiger partial charge in [0.2, 0.25) is 0 Å². The van der Waals surface area contributed by atoms with E-state index in [1.807, 2.05) is 14.2 Å². The van der Waals surface area contributed by atoms with Crippen molar-refractivity contribution in [2.24, 2.45) is 0 Å². The fraction of sp³-hybridized carbons (Fsp3) is 0.273. The van der Waals surface area contributed by atoms with Crippen LogP contribution < -0.4 is 19.3 Å². The van der Waals surface area contributed by atoms with Crippen LogP contribution in [-0.2, 0) is 10.8 Å². The molecule has 70 heavy (non-hydrogen) atoms. The van der Waals surface area contributed by atoms with Crippen molar-refractivity contribution in [2.45, 2.75) is 106 Å². The van der Waals surface area contributed by atoms with E-state index in [0.717, 1.165) is 79.0 Å². The lowest BCUT2D eigenvalue weighted by atomic mass is 9.84. The van der Waals surface area contributed by atoms with Gasteiger partial charge in [-0.15, -0.1) is 0 Å². The van der Waals surface area contributed by atoms with Crippen molar-refractivity contribution in [3.63, 3.8) is 0 Å². The third-order valence-corrected chi connectivity index (χ3v) is 13.9. The van der Waals surface area contributed by atoms with Gasteiger partial charge in [-0.25, -0.2) is 0 Å². The minimum Gasteiger partial charge on any atom is -0.496 e. The molecule has 0 saturated heterocycles. The Balaban J connectivity index is 1.42. The third-order valence-electron chi connectivity index (χ3n) is 13.9. The Morgan fingerprint density at radius 1 is 0.371 bits per heavy atom. The molecule has 0 aliphatic rings. The van der Waals surface area contributed by atoms with E-state index >= 15 is 0 Å². The van der Waals surface area contributed by atoms with Crippen LogP contribution >= 0.6 is 0 Å². The highest BCUT2D eigenvalue weighted by atomic mass is 16.5. The lowest BCUT2D eigenvalue weighted by Crippen LogP contribution is -2.16. The van der Waals surface area contributed by atoms with E-state index in [2.05, 4.69) is 263 Å². The molecule has 0 aliphatic carbocycles. The van der Waals surface area contributed by atoms with E-state index in [4.69, 9.17) is 9.47 Å². The Hall–Kier alpha value is -7.04. The molecule has 0 aliphatic heterocycles. The number of anilines is 6. The lowest BCUT2D eigenvalue weighted by molar-refractivity contribution is 0.402. The first-order valence-corrected chi connectivity index (χ1v) is 25.0. The summed E-state index contributed by atoms with van der Waals surface area (Å²) in [5, 5.41) is 0. The van der Waals surface area contributed by atoms with Crippen LogP contribution in [0.3, 0.4) is 0 Å². The largest absolute Gasteiger partial charge is 0.496 e. The van der Waals surface area contributed by atoms with Crippen LogP contribution in [0.25, 0.3) is 33.4 Å². The number of hydrogen-bond donors (Lipinski definition) is 0. The van der Waals surface area contributed by atoms with Gasteiger partial charge in [-0.1, -0.05) is 178 Å². The summed E-state index contributed by atoms with van der Waals surface area (Å²) in [6, 6.07) is 62.2. The molecule has 0 atom stereocenters. The zero-order valence-corrected chi connectivity index (χ0v) is 44.0. The van der Waals surface area contributed by atoms with Crippen LogP contribution in [0.4, 0.5) is 34.1 Å². The monoisotopic (exact) mass is 925 g/mol. The zero-order valence-electron chi connectivity index (χ0n) is 44.0. The van der Waals surface area contributed by atoms with Gasteiger partial charge >= 0.3 is 0 Å². The third kappa shape index (κ3) is 9.88. The van der Waals surface area contributed by atoms with Crippen molar-refractivity contribution in [3.8, 4) is 44.9 Å². The van der Waals surface area contributed by atoms with Gasteiger partial charge in [0.05, 0.1) is 25.6 Å². The number of benzene rings is 8. The van der Waals surface area contributed by atoms with Gasteiger partial charge in [0.25, 0.3) is 0 Å². The van der Waals surface area contributed by atoms with E-state index in [-0.39, 0.29) is 22.7 Å². The van der Waals surface area contributed by atoms with Crippen molar-refractivity contribution < 1.29 is 9.47 Å². The summed E-state index contributed by atoms with van der Waals surface area (Å²) in [4.78, 5) is 4.86. The first-order valence-electron chi connectivity index (χ1n) is 25.0. The molecule has 0 bridgehead atoms. The fourth-order valence-corrected chi connectivity index (χ4v) is 9.83. The second kappa shape index (κ2) is 20.1. The van der Waals surface area contributed by atoms with Crippen molar-refractivity contribution in [1.82, 2.24) is 0 Å². The highest BCUT2D eigenvalue weighted by molar-refractivity contribution is 5.95. The smallest absolute Gasteiger partial charge is 0.130 e. The molecule has 4 nitrogen and oxygen atoms in total. The summed E-state index contributed by atoms with van der Waals surface area (Å²) in [5.41, 5.74) is 20.3. The van der Waals surface area contributed by atoms with Crippen LogP contribution in [-0.4, -0.2) is 14.2 Å². The van der Waals surface area contributed by atoms with Crippen LogP contribution in [0, 0.1) is 13.8 Å². The summed E-state index contributed by atoms with van der Waals surface area (Å²) in [7, 11) is 3.64.